The molecule has 0 amide bonds. The summed E-state index contributed by atoms with van der Waals surface area (Å²) in [5.74, 6) is 0.628. The average Bonchev–Trinajstić information content (AvgIpc) is 2.35. The van der Waals surface area contributed by atoms with Gasteiger partial charge >= 0.3 is 0 Å². The molecule has 0 spiro atoms. The van der Waals surface area contributed by atoms with Gasteiger partial charge in [-0.3, -0.25) is 4.79 Å². The van der Waals surface area contributed by atoms with Gasteiger partial charge in [-0.1, -0.05) is 59.2 Å². The number of halogens is 1. The minimum atomic E-state index is -2.05. The lowest BCUT2D eigenvalue weighted by molar-refractivity contribution is 0.101. The number of benzene rings is 1. The van der Waals surface area contributed by atoms with Crippen LogP contribution >= 0.6 is 11.6 Å². The first-order chi connectivity index (χ1) is 9.64. The van der Waals surface area contributed by atoms with Crippen LogP contribution < -0.4 is 4.43 Å². The largest absolute Gasteiger partial charge is 0.542 e. The van der Waals surface area contributed by atoms with Crippen molar-refractivity contribution >= 4 is 25.7 Å². The van der Waals surface area contributed by atoms with Crippen LogP contribution in [0.15, 0.2) is 18.2 Å². The van der Waals surface area contributed by atoms with Crippen LogP contribution in [0.4, 0.5) is 0 Å². The Morgan fingerprint density at radius 1 is 1.05 bits per heavy atom. The van der Waals surface area contributed by atoms with Gasteiger partial charge in [0.1, 0.15) is 5.75 Å². The minimum absolute atomic E-state index is 0.0312. The molecule has 4 heteroatoms. The molecular formula is C17H27ClO2Si. The van der Waals surface area contributed by atoms with Gasteiger partial charge in [0.05, 0.1) is 5.02 Å². The van der Waals surface area contributed by atoms with Crippen molar-refractivity contribution in [2.45, 2.75) is 65.1 Å². The zero-order valence-corrected chi connectivity index (χ0v) is 15.9. The summed E-state index contributed by atoms with van der Waals surface area (Å²) in [6.45, 7) is 14.9. The second-order valence-electron chi connectivity index (χ2n) is 6.59. The van der Waals surface area contributed by atoms with E-state index in [1.54, 1.807) is 6.07 Å². The summed E-state index contributed by atoms with van der Waals surface area (Å²) in [6.07, 6.45) is 0. The number of carbonyl (C=O) groups is 1. The summed E-state index contributed by atoms with van der Waals surface area (Å²) in [6, 6.07) is 5.47. The summed E-state index contributed by atoms with van der Waals surface area (Å²) in [4.78, 5) is 11.7. The molecule has 1 rings (SSSR count). The lowest BCUT2D eigenvalue weighted by Crippen LogP contribution is -2.50. The van der Waals surface area contributed by atoms with Gasteiger partial charge in [-0.2, -0.15) is 0 Å². The van der Waals surface area contributed by atoms with Crippen molar-refractivity contribution in [3.8, 4) is 5.75 Å². The van der Waals surface area contributed by atoms with Crippen molar-refractivity contribution in [2.75, 3.05) is 0 Å². The fourth-order valence-electron chi connectivity index (χ4n) is 3.41. The van der Waals surface area contributed by atoms with Crippen molar-refractivity contribution in [1.82, 2.24) is 0 Å². The van der Waals surface area contributed by atoms with E-state index in [0.29, 0.717) is 33.0 Å². The molecule has 0 atom stereocenters. The maximum atomic E-state index is 11.7. The van der Waals surface area contributed by atoms with E-state index < -0.39 is 8.32 Å². The molecule has 1 aromatic rings. The van der Waals surface area contributed by atoms with Crippen LogP contribution in [-0.4, -0.2) is 14.1 Å². The molecule has 0 bridgehead atoms. The standard InChI is InChI=1S/C17H27ClO2Si/c1-11(2)21(12(3)4,13(5)6)20-16-10-8-9-15(14(7)19)17(16)18/h8-13H,1-7H3. The maximum absolute atomic E-state index is 11.7. The molecule has 0 N–H and O–H groups in total. The summed E-state index contributed by atoms with van der Waals surface area (Å²) < 4.78 is 6.56. The molecule has 2 nitrogen and oxygen atoms in total. The van der Waals surface area contributed by atoms with Gasteiger partial charge in [-0.25, -0.2) is 0 Å². The van der Waals surface area contributed by atoms with Crippen LogP contribution in [0.25, 0.3) is 0 Å². The van der Waals surface area contributed by atoms with E-state index in [-0.39, 0.29) is 5.78 Å². The predicted octanol–water partition coefficient (Wildman–Crippen LogP) is 6.10. The third-order valence-corrected chi connectivity index (χ3v) is 10.7. The molecular weight excluding hydrogens is 300 g/mol. The first-order valence-electron chi connectivity index (χ1n) is 7.63. The molecule has 0 saturated heterocycles. The van der Waals surface area contributed by atoms with Crippen LogP contribution in [0.3, 0.4) is 0 Å². The Morgan fingerprint density at radius 2 is 1.52 bits per heavy atom. The van der Waals surface area contributed by atoms with E-state index in [2.05, 4.69) is 41.5 Å². The van der Waals surface area contributed by atoms with Crippen LogP contribution in [0.2, 0.25) is 21.6 Å². The molecule has 21 heavy (non-hydrogen) atoms. The zero-order chi connectivity index (χ0) is 16.4. The second kappa shape index (κ2) is 6.97. The SMILES string of the molecule is CC(=O)c1cccc(O[Si](C(C)C)(C(C)C)C(C)C)c1Cl. The van der Waals surface area contributed by atoms with E-state index in [4.69, 9.17) is 16.0 Å². The van der Waals surface area contributed by atoms with Crippen molar-refractivity contribution in [3.63, 3.8) is 0 Å². The Morgan fingerprint density at radius 3 is 1.90 bits per heavy atom. The van der Waals surface area contributed by atoms with Gasteiger partial charge in [-0.15, -0.1) is 0 Å². The van der Waals surface area contributed by atoms with Gasteiger partial charge < -0.3 is 4.43 Å². The first kappa shape index (κ1) is 18.2. The van der Waals surface area contributed by atoms with Crippen LogP contribution in [-0.2, 0) is 0 Å². The number of rotatable bonds is 6. The molecule has 0 heterocycles. The normalized spacial score (nSPS) is 12.3. The predicted molar refractivity (Wildman–Crippen MR) is 93.1 cm³/mol. The Kier molecular flexibility index (Phi) is 6.06. The topological polar surface area (TPSA) is 26.3 Å². The highest BCUT2D eigenvalue weighted by Crippen LogP contribution is 2.44. The molecule has 0 aromatic heterocycles. The molecule has 0 radical (unpaired) electrons. The fourth-order valence-corrected chi connectivity index (χ4v) is 9.03. The van der Waals surface area contributed by atoms with Gasteiger partial charge in [0.25, 0.3) is 8.32 Å². The van der Waals surface area contributed by atoms with Gasteiger partial charge in [0.15, 0.2) is 5.78 Å². The van der Waals surface area contributed by atoms with Crippen molar-refractivity contribution in [1.29, 1.82) is 0 Å². The van der Waals surface area contributed by atoms with E-state index in [9.17, 15) is 4.79 Å². The van der Waals surface area contributed by atoms with Crippen molar-refractivity contribution < 1.29 is 9.22 Å². The molecule has 118 valence electrons. The molecule has 0 aliphatic carbocycles. The van der Waals surface area contributed by atoms with Gasteiger partial charge in [0, 0.05) is 5.56 Å². The Hall–Kier alpha value is -0.803. The van der Waals surface area contributed by atoms with Gasteiger partial charge in [0.2, 0.25) is 0 Å². The van der Waals surface area contributed by atoms with E-state index in [1.807, 2.05) is 12.1 Å². The molecule has 0 aliphatic heterocycles. The van der Waals surface area contributed by atoms with Crippen molar-refractivity contribution in [3.05, 3.63) is 28.8 Å². The molecule has 0 aliphatic rings. The summed E-state index contributed by atoms with van der Waals surface area (Å²) in [7, 11) is -2.05. The fraction of sp³-hybridized carbons (Fsp3) is 0.588. The van der Waals surface area contributed by atoms with Crippen molar-refractivity contribution in [2.24, 2.45) is 0 Å². The van der Waals surface area contributed by atoms with E-state index >= 15 is 0 Å². The highest BCUT2D eigenvalue weighted by Gasteiger charge is 2.47. The summed E-state index contributed by atoms with van der Waals surface area (Å²) in [5.41, 5.74) is 1.94. The highest BCUT2D eigenvalue weighted by atomic mass is 35.5. The quantitative estimate of drug-likeness (QED) is 0.466. The molecule has 0 unspecified atom stereocenters. The number of ketones is 1. The smallest absolute Gasteiger partial charge is 0.258 e. The summed E-state index contributed by atoms with van der Waals surface area (Å²) in [5, 5.41) is 0.448. The summed E-state index contributed by atoms with van der Waals surface area (Å²) >= 11 is 6.40. The molecule has 0 fully saturated rings. The van der Waals surface area contributed by atoms with E-state index in [0.717, 1.165) is 0 Å². The Labute approximate surface area is 135 Å². The monoisotopic (exact) mass is 326 g/mol. The molecule has 1 aromatic carbocycles. The Bertz CT molecular complexity index is 488. The van der Waals surface area contributed by atoms with Crippen LogP contribution in [0, 0.1) is 0 Å². The number of hydrogen-bond donors (Lipinski definition) is 0. The minimum Gasteiger partial charge on any atom is -0.542 e. The number of hydrogen-bond acceptors (Lipinski definition) is 2. The third kappa shape index (κ3) is 3.51. The second-order valence-corrected chi connectivity index (χ2v) is 12.3. The average molecular weight is 327 g/mol. The number of Topliss-reactive ketones (excluding diaryl/α,β-unsaturated/α-hetero) is 1. The number of carbonyl (C=O) groups excluding carboxylic acids is 1. The van der Waals surface area contributed by atoms with Gasteiger partial charge in [-0.05, 0) is 35.7 Å². The lowest BCUT2D eigenvalue weighted by atomic mass is 10.1. The first-order valence-corrected chi connectivity index (χ1v) is 10.1. The maximum Gasteiger partial charge on any atom is 0.258 e. The zero-order valence-electron chi connectivity index (χ0n) is 14.2. The van der Waals surface area contributed by atoms with E-state index in [1.165, 1.54) is 6.92 Å². The third-order valence-electron chi connectivity index (χ3n) is 4.34. The van der Waals surface area contributed by atoms with Crippen LogP contribution in [0.1, 0.15) is 58.8 Å². The molecule has 0 saturated carbocycles. The Balaban J connectivity index is 3.34. The lowest BCUT2D eigenvalue weighted by Gasteiger charge is -2.42. The van der Waals surface area contributed by atoms with Crippen LogP contribution in [0.5, 0.6) is 5.75 Å². The highest BCUT2D eigenvalue weighted by molar-refractivity contribution is 6.78.